The molecule has 0 bridgehead atoms. The minimum atomic E-state index is -0.846. The van der Waals surface area contributed by atoms with E-state index in [4.69, 9.17) is 0 Å². The van der Waals surface area contributed by atoms with Crippen LogP contribution in [0, 0.1) is 6.92 Å². The van der Waals surface area contributed by atoms with Crippen molar-refractivity contribution < 1.29 is 9.90 Å². The van der Waals surface area contributed by atoms with Crippen LogP contribution in [0.25, 0.3) is 0 Å². The molecule has 0 unspecified atom stereocenters. The van der Waals surface area contributed by atoms with E-state index in [9.17, 15) is 9.90 Å². The van der Waals surface area contributed by atoms with Gasteiger partial charge in [0.25, 0.3) is 0 Å². The minimum absolute atomic E-state index is 0.802. The Labute approximate surface area is 120 Å². The van der Waals surface area contributed by atoms with E-state index in [0.29, 0.717) is 0 Å². The van der Waals surface area contributed by atoms with Gasteiger partial charge < -0.3 is 5.11 Å². The molecule has 0 radical (unpaired) electrons. The molecule has 1 N–H and O–H groups in total. The number of hydrogen-bond acceptors (Lipinski definition) is 1. The molecular formula is C18H20O2. The third kappa shape index (κ3) is 2.90. The molecule has 0 amide bonds. The van der Waals surface area contributed by atoms with Crippen molar-refractivity contribution >= 4 is 5.97 Å². The molecule has 0 saturated carbocycles. The van der Waals surface area contributed by atoms with E-state index < -0.39 is 11.4 Å². The molecule has 0 heterocycles. The SMILES string of the molecule is Cc1ccccc1Cc1ccc(C(C)(C)C(=O)O)cc1. The summed E-state index contributed by atoms with van der Waals surface area (Å²) in [5.74, 6) is -0.802. The van der Waals surface area contributed by atoms with Gasteiger partial charge in [0.1, 0.15) is 0 Å². The molecular weight excluding hydrogens is 248 g/mol. The van der Waals surface area contributed by atoms with Crippen molar-refractivity contribution in [2.24, 2.45) is 0 Å². The summed E-state index contributed by atoms with van der Waals surface area (Å²) in [6, 6.07) is 16.2. The van der Waals surface area contributed by atoms with Gasteiger partial charge in [-0.15, -0.1) is 0 Å². The van der Waals surface area contributed by atoms with Crippen molar-refractivity contribution in [3.05, 3.63) is 70.8 Å². The van der Waals surface area contributed by atoms with Gasteiger partial charge in [-0.1, -0.05) is 48.5 Å². The van der Waals surface area contributed by atoms with Crippen LogP contribution in [0.3, 0.4) is 0 Å². The number of carbonyl (C=O) groups is 1. The van der Waals surface area contributed by atoms with Gasteiger partial charge in [0.2, 0.25) is 0 Å². The summed E-state index contributed by atoms with van der Waals surface area (Å²) in [5, 5.41) is 9.24. The van der Waals surface area contributed by atoms with E-state index in [1.54, 1.807) is 13.8 Å². The zero-order valence-corrected chi connectivity index (χ0v) is 12.2. The topological polar surface area (TPSA) is 37.3 Å². The van der Waals surface area contributed by atoms with Crippen molar-refractivity contribution in [2.75, 3.05) is 0 Å². The van der Waals surface area contributed by atoms with Crippen molar-refractivity contribution in [2.45, 2.75) is 32.6 Å². The maximum Gasteiger partial charge on any atom is 0.313 e. The second kappa shape index (κ2) is 5.49. The quantitative estimate of drug-likeness (QED) is 0.911. The number of rotatable bonds is 4. The number of aryl methyl sites for hydroxylation is 1. The van der Waals surface area contributed by atoms with Gasteiger partial charge in [0.05, 0.1) is 5.41 Å². The summed E-state index contributed by atoms with van der Waals surface area (Å²) in [6.07, 6.45) is 0.875. The number of carboxylic acids is 1. The number of benzene rings is 2. The molecule has 0 spiro atoms. The molecule has 0 aliphatic carbocycles. The van der Waals surface area contributed by atoms with Crippen LogP contribution in [0.4, 0.5) is 0 Å². The lowest BCUT2D eigenvalue weighted by atomic mass is 9.84. The molecule has 104 valence electrons. The molecule has 2 aromatic rings. The largest absolute Gasteiger partial charge is 0.481 e. The summed E-state index contributed by atoms with van der Waals surface area (Å²) in [6.45, 7) is 5.56. The van der Waals surface area contributed by atoms with Gasteiger partial charge in [-0.3, -0.25) is 4.79 Å². The predicted molar refractivity (Wildman–Crippen MR) is 81.1 cm³/mol. The zero-order valence-electron chi connectivity index (χ0n) is 12.2. The van der Waals surface area contributed by atoms with E-state index in [0.717, 1.165) is 12.0 Å². The molecule has 2 nitrogen and oxygen atoms in total. The Kier molecular flexibility index (Phi) is 3.93. The molecule has 0 saturated heterocycles. The summed E-state index contributed by atoms with van der Waals surface area (Å²) >= 11 is 0. The summed E-state index contributed by atoms with van der Waals surface area (Å²) in [7, 11) is 0. The van der Waals surface area contributed by atoms with Gasteiger partial charge in [0.15, 0.2) is 0 Å². The minimum Gasteiger partial charge on any atom is -0.481 e. The highest BCUT2D eigenvalue weighted by molar-refractivity contribution is 5.80. The third-order valence-corrected chi connectivity index (χ3v) is 3.87. The Morgan fingerprint density at radius 3 is 2.20 bits per heavy atom. The van der Waals surface area contributed by atoms with E-state index in [1.165, 1.54) is 16.7 Å². The van der Waals surface area contributed by atoms with Crippen LogP contribution >= 0.6 is 0 Å². The van der Waals surface area contributed by atoms with Crippen LogP contribution in [-0.2, 0) is 16.6 Å². The smallest absolute Gasteiger partial charge is 0.313 e. The molecule has 0 aromatic heterocycles. The van der Waals surface area contributed by atoms with E-state index >= 15 is 0 Å². The van der Waals surface area contributed by atoms with Crippen LogP contribution in [0.5, 0.6) is 0 Å². The van der Waals surface area contributed by atoms with Gasteiger partial charge in [-0.25, -0.2) is 0 Å². The first-order valence-corrected chi connectivity index (χ1v) is 6.78. The van der Waals surface area contributed by atoms with Crippen LogP contribution in [0.1, 0.15) is 36.1 Å². The highest BCUT2D eigenvalue weighted by Crippen LogP contribution is 2.24. The molecule has 0 fully saturated rings. The second-order valence-corrected chi connectivity index (χ2v) is 5.73. The summed E-state index contributed by atoms with van der Waals surface area (Å²) < 4.78 is 0. The summed E-state index contributed by atoms with van der Waals surface area (Å²) in [4.78, 5) is 11.2. The fraction of sp³-hybridized carbons (Fsp3) is 0.278. The number of hydrogen-bond donors (Lipinski definition) is 1. The Balaban J connectivity index is 2.21. The first-order chi connectivity index (χ1) is 9.41. The van der Waals surface area contributed by atoms with Crippen molar-refractivity contribution in [1.29, 1.82) is 0 Å². The molecule has 0 atom stereocenters. The Morgan fingerprint density at radius 2 is 1.65 bits per heavy atom. The predicted octanol–water partition coefficient (Wildman–Crippen LogP) is 3.95. The Hall–Kier alpha value is -2.09. The van der Waals surface area contributed by atoms with Crippen LogP contribution in [-0.4, -0.2) is 11.1 Å². The highest BCUT2D eigenvalue weighted by Gasteiger charge is 2.29. The highest BCUT2D eigenvalue weighted by atomic mass is 16.4. The van der Waals surface area contributed by atoms with Crippen molar-refractivity contribution in [3.8, 4) is 0 Å². The maximum atomic E-state index is 11.2. The third-order valence-electron chi connectivity index (χ3n) is 3.87. The Bertz CT molecular complexity index is 610. The van der Waals surface area contributed by atoms with Crippen molar-refractivity contribution in [3.63, 3.8) is 0 Å². The van der Waals surface area contributed by atoms with Gasteiger partial charge in [-0.05, 0) is 49.4 Å². The van der Waals surface area contributed by atoms with Crippen LogP contribution < -0.4 is 0 Å². The first kappa shape index (κ1) is 14.3. The zero-order chi connectivity index (χ0) is 14.8. The lowest BCUT2D eigenvalue weighted by Gasteiger charge is -2.20. The standard InChI is InChI=1S/C18H20O2/c1-13-6-4-5-7-15(13)12-14-8-10-16(11-9-14)18(2,3)17(19)20/h4-11H,12H2,1-3H3,(H,19,20). The van der Waals surface area contributed by atoms with Crippen LogP contribution in [0.2, 0.25) is 0 Å². The Morgan fingerprint density at radius 1 is 1.05 bits per heavy atom. The molecule has 2 rings (SSSR count). The van der Waals surface area contributed by atoms with E-state index in [-0.39, 0.29) is 0 Å². The lowest BCUT2D eigenvalue weighted by Crippen LogP contribution is -2.28. The fourth-order valence-corrected chi connectivity index (χ4v) is 2.19. The number of carboxylic acid groups (broad SMARTS) is 1. The lowest BCUT2D eigenvalue weighted by molar-refractivity contribution is -0.142. The van der Waals surface area contributed by atoms with Gasteiger partial charge in [-0.2, -0.15) is 0 Å². The van der Waals surface area contributed by atoms with E-state index in [2.05, 4.69) is 19.1 Å². The van der Waals surface area contributed by atoms with Gasteiger partial charge in [0, 0.05) is 0 Å². The average molecular weight is 268 g/mol. The number of aliphatic carboxylic acids is 1. The summed E-state index contributed by atoms with van der Waals surface area (Å²) in [5.41, 5.74) is 3.77. The van der Waals surface area contributed by atoms with Crippen molar-refractivity contribution in [1.82, 2.24) is 0 Å². The molecule has 0 aliphatic rings. The molecule has 20 heavy (non-hydrogen) atoms. The second-order valence-electron chi connectivity index (χ2n) is 5.73. The molecule has 0 aliphatic heterocycles. The first-order valence-electron chi connectivity index (χ1n) is 6.78. The maximum absolute atomic E-state index is 11.2. The fourth-order valence-electron chi connectivity index (χ4n) is 2.19. The van der Waals surface area contributed by atoms with E-state index in [1.807, 2.05) is 36.4 Å². The monoisotopic (exact) mass is 268 g/mol. The van der Waals surface area contributed by atoms with Gasteiger partial charge >= 0.3 is 5.97 Å². The normalized spacial score (nSPS) is 11.3. The molecule has 2 aromatic carbocycles. The molecule has 2 heteroatoms. The average Bonchev–Trinajstić information content (AvgIpc) is 2.42. The van der Waals surface area contributed by atoms with Crippen LogP contribution in [0.15, 0.2) is 48.5 Å².